The summed E-state index contributed by atoms with van der Waals surface area (Å²) in [6.45, 7) is 0.813. The molecule has 0 radical (unpaired) electrons. The molecule has 3 aromatic heterocycles. The number of aliphatic imine (C=N–C) groups is 1. The fourth-order valence-electron chi connectivity index (χ4n) is 2.54. The van der Waals surface area contributed by atoms with Crippen molar-refractivity contribution in [3.8, 4) is 0 Å². The van der Waals surface area contributed by atoms with Crippen LogP contribution in [0.3, 0.4) is 0 Å². The number of aliphatic hydroxyl groups excluding tert-OH is 1. The van der Waals surface area contributed by atoms with E-state index in [-0.39, 0.29) is 6.61 Å². The number of fused-ring (bicyclic) bond motifs is 1. The summed E-state index contributed by atoms with van der Waals surface area (Å²) in [6, 6.07) is 5.95. The number of hydrogen-bond acceptors (Lipinski definition) is 8. The van der Waals surface area contributed by atoms with Crippen LogP contribution in [-0.4, -0.2) is 51.5 Å². The van der Waals surface area contributed by atoms with Crippen molar-refractivity contribution in [2.75, 3.05) is 30.8 Å². The molecule has 0 spiro atoms. The maximum atomic E-state index is 8.85. The molecule has 9 nitrogen and oxygen atoms in total. The summed E-state index contributed by atoms with van der Waals surface area (Å²) >= 11 is 0. The SMILES string of the molecule is CNc1ncc(C(C=NCCO)=CN)nc1NCc1cc2cccnc2[nH]1. The molecule has 6 N–H and O–H groups in total. The molecule has 0 aliphatic rings. The Bertz CT molecular complexity index is 930. The van der Waals surface area contributed by atoms with E-state index in [4.69, 9.17) is 10.8 Å². The van der Waals surface area contributed by atoms with E-state index in [0.29, 0.717) is 36.0 Å². The summed E-state index contributed by atoms with van der Waals surface area (Å²) in [4.78, 5) is 20.6. The third-order valence-corrected chi connectivity index (χ3v) is 3.84. The van der Waals surface area contributed by atoms with Crippen molar-refractivity contribution >= 4 is 34.5 Å². The zero-order chi connectivity index (χ0) is 19.1. The number of aromatic nitrogens is 4. The maximum Gasteiger partial charge on any atom is 0.170 e. The van der Waals surface area contributed by atoms with Gasteiger partial charge in [0.15, 0.2) is 11.6 Å². The molecule has 3 rings (SSSR count). The Morgan fingerprint density at radius 1 is 1.37 bits per heavy atom. The number of hydrogen-bond donors (Lipinski definition) is 5. The van der Waals surface area contributed by atoms with Crippen molar-refractivity contribution < 1.29 is 5.11 Å². The molecule has 9 heteroatoms. The third-order valence-electron chi connectivity index (χ3n) is 3.84. The first kappa shape index (κ1) is 18.3. The van der Waals surface area contributed by atoms with Gasteiger partial charge in [-0.1, -0.05) is 0 Å². The molecule has 140 valence electrons. The normalized spacial score (nSPS) is 12.0. The molecule has 0 amide bonds. The van der Waals surface area contributed by atoms with Gasteiger partial charge in [0.05, 0.1) is 31.6 Å². The maximum absolute atomic E-state index is 8.85. The van der Waals surface area contributed by atoms with Gasteiger partial charge in [-0.15, -0.1) is 0 Å². The van der Waals surface area contributed by atoms with Crippen molar-refractivity contribution in [1.29, 1.82) is 0 Å². The standard InChI is InChI=1S/C18H22N8O/c1-20-17-18(23-10-14-7-12-3-2-4-22-16(12)25-14)26-15(11-24-17)13(8-19)9-21-5-6-27/h2-4,7-9,11,27H,5-6,10,19H2,1H3,(H,20,24)(H,22,25)(H,23,26). The van der Waals surface area contributed by atoms with E-state index in [2.05, 4.69) is 35.6 Å². The fourth-order valence-corrected chi connectivity index (χ4v) is 2.54. The lowest BCUT2D eigenvalue weighted by molar-refractivity contribution is 0.307. The molecule has 0 aliphatic heterocycles. The van der Waals surface area contributed by atoms with E-state index in [1.807, 2.05) is 18.2 Å². The molecule has 3 aromatic rings. The first-order chi connectivity index (χ1) is 13.2. The van der Waals surface area contributed by atoms with Crippen molar-refractivity contribution in [2.24, 2.45) is 10.7 Å². The largest absolute Gasteiger partial charge is 0.404 e. The van der Waals surface area contributed by atoms with Gasteiger partial charge in [0, 0.05) is 42.3 Å². The second-order valence-corrected chi connectivity index (χ2v) is 5.67. The summed E-state index contributed by atoms with van der Waals surface area (Å²) in [6.07, 6.45) is 6.36. The Kier molecular flexibility index (Phi) is 5.95. The van der Waals surface area contributed by atoms with Crippen molar-refractivity contribution in [3.63, 3.8) is 0 Å². The number of aliphatic hydroxyl groups is 1. The average molecular weight is 366 g/mol. The summed E-state index contributed by atoms with van der Waals surface area (Å²) in [5, 5.41) is 16.2. The van der Waals surface area contributed by atoms with E-state index in [0.717, 1.165) is 16.7 Å². The Balaban J connectivity index is 1.80. The highest BCUT2D eigenvalue weighted by molar-refractivity contribution is 6.08. The topological polar surface area (TPSA) is 137 Å². The molecule has 0 saturated heterocycles. The fraction of sp³-hybridized carbons (Fsp3) is 0.222. The Labute approximate surface area is 156 Å². The molecule has 0 atom stereocenters. The van der Waals surface area contributed by atoms with E-state index >= 15 is 0 Å². The minimum atomic E-state index is -0.0229. The number of nitrogens with one attached hydrogen (secondary N) is 3. The number of aromatic amines is 1. The van der Waals surface area contributed by atoms with Crippen molar-refractivity contribution in [2.45, 2.75) is 6.54 Å². The van der Waals surface area contributed by atoms with Crippen LogP contribution >= 0.6 is 0 Å². The number of allylic oxidation sites excluding steroid dienone is 1. The van der Waals surface area contributed by atoms with Gasteiger partial charge >= 0.3 is 0 Å². The van der Waals surface area contributed by atoms with E-state index < -0.39 is 0 Å². The van der Waals surface area contributed by atoms with Gasteiger partial charge in [-0.05, 0) is 18.2 Å². The van der Waals surface area contributed by atoms with Crippen molar-refractivity contribution in [3.05, 3.63) is 48.2 Å². The molecular formula is C18H22N8O. The molecule has 0 aliphatic carbocycles. The van der Waals surface area contributed by atoms with E-state index in [9.17, 15) is 0 Å². The third kappa shape index (κ3) is 4.39. The van der Waals surface area contributed by atoms with Gasteiger partial charge in [-0.25, -0.2) is 15.0 Å². The zero-order valence-electron chi connectivity index (χ0n) is 15.0. The van der Waals surface area contributed by atoms with Gasteiger partial charge < -0.3 is 26.5 Å². The summed E-state index contributed by atoms with van der Waals surface area (Å²) in [7, 11) is 1.78. The van der Waals surface area contributed by atoms with Crippen LogP contribution in [0.5, 0.6) is 0 Å². The smallest absolute Gasteiger partial charge is 0.170 e. The molecule has 0 saturated carbocycles. The highest BCUT2D eigenvalue weighted by Crippen LogP contribution is 2.20. The van der Waals surface area contributed by atoms with Crippen LogP contribution in [0.15, 0.2) is 41.8 Å². The van der Waals surface area contributed by atoms with Gasteiger partial charge in [0.2, 0.25) is 0 Å². The predicted octanol–water partition coefficient (Wildman–Crippen LogP) is 1.37. The average Bonchev–Trinajstić information content (AvgIpc) is 3.12. The highest BCUT2D eigenvalue weighted by atomic mass is 16.3. The number of pyridine rings is 1. The van der Waals surface area contributed by atoms with Crippen LogP contribution in [0.25, 0.3) is 16.6 Å². The van der Waals surface area contributed by atoms with Crippen LogP contribution in [0.2, 0.25) is 0 Å². The Morgan fingerprint density at radius 3 is 3.00 bits per heavy atom. The van der Waals surface area contributed by atoms with Crippen LogP contribution in [0, 0.1) is 0 Å². The van der Waals surface area contributed by atoms with Gasteiger partial charge in [0.1, 0.15) is 5.65 Å². The highest BCUT2D eigenvalue weighted by Gasteiger charge is 2.10. The van der Waals surface area contributed by atoms with Gasteiger partial charge in [0.25, 0.3) is 0 Å². The number of rotatable bonds is 8. The summed E-state index contributed by atoms with van der Waals surface area (Å²) < 4.78 is 0. The van der Waals surface area contributed by atoms with Crippen LogP contribution in [-0.2, 0) is 6.54 Å². The molecule has 27 heavy (non-hydrogen) atoms. The quantitative estimate of drug-likeness (QED) is 0.380. The number of H-pyrrole nitrogens is 1. The second kappa shape index (κ2) is 8.77. The number of nitrogens with two attached hydrogens (primary N) is 1. The number of nitrogens with zero attached hydrogens (tertiary/aromatic N) is 4. The van der Waals surface area contributed by atoms with Crippen LogP contribution < -0.4 is 16.4 Å². The van der Waals surface area contributed by atoms with Crippen LogP contribution in [0.1, 0.15) is 11.4 Å². The minimum Gasteiger partial charge on any atom is -0.404 e. The molecule has 3 heterocycles. The minimum absolute atomic E-state index is 0.0229. The lowest BCUT2D eigenvalue weighted by Crippen LogP contribution is -2.09. The van der Waals surface area contributed by atoms with E-state index in [1.165, 1.54) is 6.20 Å². The van der Waals surface area contributed by atoms with E-state index in [1.54, 1.807) is 25.7 Å². The van der Waals surface area contributed by atoms with Crippen LogP contribution in [0.4, 0.5) is 11.6 Å². The van der Waals surface area contributed by atoms with Gasteiger partial charge in [-0.3, -0.25) is 4.99 Å². The Morgan fingerprint density at radius 2 is 2.26 bits per heavy atom. The second-order valence-electron chi connectivity index (χ2n) is 5.67. The Hall–Kier alpha value is -3.46. The summed E-state index contributed by atoms with van der Waals surface area (Å²) in [5.41, 5.74) is 8.72. The first-order valence-electron chi connectivity index (χ1n) is 8.49. The molecule has 0 unspecified atom stereocenters. The monoisotopic (exact) mass is 366 g/mol. The number of anilines is 2. The molecule has 0 bridgehead atoms. The van der Waals surface area contributed by atoms with Gasteiger partial charge in [-0.2, -0.15) is 0 Å². The predicted molar refractivity (Wildman–Crippen MR) is 108 cm³/mol. The molecule has 0 aromatic carbocycles. The molecule has 0 fully saturated rings. The molecular weight excluding hydrogens is 344 g/mol. The first-order valence-corrected chi connectivity index (χ1v) is 8.49. The lowest BCUT2D eigenvalue weighted by atomic mass is 10.2. The lowest BCUT2D eigenvalue weighted by Gasteiger charge is -2.11. The van der Waals surface area contributed by atoms with Crippen molar-refractivity contribution in [1.82, 2.24) is 19.9 Å². The summed E-state index contributed by atoms with van der Waals surface area (Å²) in [5.74, 6) is 1.22. The zero-order valence-corrected chi connectivity index (χ0v) is 15.0.